The van der Waals surface area contributed by atoms with Gasteiger partial charge in [-0.2, -0.15) is 5.09 Å². The van der Waals surface area contributed by atoms with Gasteiger partial charge in [-0.3, -0.25) is 28.6 Å². The number of benzene rings is 1. The van der Waals surface area contributed by atoms with Crippen LogP contribution >= 0.6 is 7.75 Å². The standard InChI is InChI=1S/C30H43FN5O11P/c1-20(2)44-26(38)21(3)34-48(41,47-22-9-6-5-7-10-22)43-19-23-25(46-29(40)32-12-8-13-35-15-17-42-18-16-35)30(4,31)27(45-23)36-14-11-24(37)33-28(36)39/h5-7,9-11,14,20-21,23,25,27H,8,12-13,15-19H2,1-4H3,(H,32,40)(H,34,41)(H,33,37,39)/t21-,23+,25+,27+,30+,48-/m0/s1. The normalized spacial score (nSPS) is 24.8. The van der Waals surface area contributed by atoms with Crippen molar-refractivity contribution in [2.24, 2.45) is 0 Å². The van der Waals surface area contributed by atoms with Crippen molar-refractivity contribution in [3.05, 3.63) is 63.4 Å². The molecule has 4 rings (SSSR count). The lowest BCUT2D eigenvalue weighted by Gasteiger charge is -2.28. The van der Waals surface area contributed by atoms with Gasteiger partial charge in [-0.25, -0.2) is 18.5 Å². The number of alkyl halides is 1. The van der Waals surface area contributed by atoms with E-state index < -0.39 is 73.9 Å². The SMILES string of the molecule is CC(C)OC(=O)[C@H](C)N[P@](=O)(OC[C@H]1O[C@@H](n2ccc(=O)[nH]c2=O)[C@](C)(F)[C@@H]1OC(=O)NCCCN1CCOCC1)Oc1ccccc1. The van der Waals surface area contributed by atoms with E-state index in [-0.39, 0.29) is 12.3 Å². The summed E-state index contributed by atoms with van der Waals surface area (Å²) in [7, 11) is -4.43. The zero-order valence-electron chi connectivity index (χ0n) is 27.3. The Balaban J connectivity index is 1.52. The van der Waals surface area contributed by atoms with E-state index in [1.54, 1.807) is 32.0 Å². The molecule has 48 heavy (non-hydrogen) atoms. The number of nitrogens with zero attached hydrogens (tertiary/aromatic N) is 2. The van der Waals surface area contributed by atoms with E-state index in [1.165, 1.54) is 19.1 Å². The molecule has 2 aliphatic heterocycles. The van der Waals surface area contributed by atoms with Gasteiger partial charge in [0.15, 0.2) is 18.0 Å². The maximum absolute atomic E-state index is 16.6. The molecule has 0 saturated carbocycles. The minimum Gasteiger partial charge on any atom is -0.462 e. The molecule has 2 fully saturated rings. The third-order valence-electron chi connectivity index (χ3n) is 7.48. The Hall–Kier alpha value is -3.60. The lowest BCUT2D eigenvalue weighted by atomic mass is 9.98. The molecule has 0 aliphatic carbocycles. The summed E-state index contributed by atoms with van der Waals surface area (Å²) in [4.78, 5) is 54.0. The van der Waals surface area contributed by atoms with Crippen molar-refractivity contribution in [2.75, 3.05) is 46.0 Å². The van der Waals surface area contributed by atoms with Gasteiger partial charge in [-0.15, -0.1) is 0 Å². The van der Waals surface area contributed by atoms with Crippen molar-refractivity contribution in [3.63, 3.8) is 0 Å². The average molecular weight is 700 g/mol. The van der Waals surface area contributed by atoms with E-state index in [4.69, 9.17) is 28.0 Å². The number of hydrogen-bond donors (Lipinski definition) is 3. The Morgan fingerprint density at radius 2 is 1.85 bits per heavy atom. The van der Waals surface area contributed by atoms with E-state index in [9.17, 15) is 23.7 Å². The number of para-hydroxylation sites is 1. The third-order valence-corrected chi connectivity index (χ3v) is 9.12. The van der Waals surface area contributed by atoms with Gasteiger partial charge in [0, 0.05) is 31.9 Å². The van der Waals surface area contributed by atoms with Crippen molar-refractivity contribution < 1.29 is 46.5 Å². The molecule has 2 saturated heterocycles. The lowest BCUT2D eigenvalue weighted by Crippen LogP contribution is -2.47. The molecular weight excluding hydrogens is 656 g/mol. The number of aromatic amines is 1. The first-order chi connectivity index (χ1) is 22.8. The van der Waals surface area contributed by atoms with Crippen molar-refractivity contribution in [1.82, 2.24) is 24.9 Å². The molecule has 266 valence electrons. The van der Waals surface area contributed by atoms with E-state index in [2.05, 4.69) is 15.3 Å². The molecule has 0 spiro atoms. The number of hydrogen-bond acceptors (Lipinski definition) is 12. The molecule has 6 atom stereocenters. The molecule has 0 bridgehead atoms. The second-order valence-electron chi connectivity index (χ2n) is 11.8. The van der Waals surface area contributed by atoms with Gasteiger partial charge in [0.05, 0.1) is 25.9 Å². The zero-order valence-corrected chi connectivity index (χ0v) is 28.2. The molecule has 0 unspecified atom stereocenters. The van der Waals surface area contributed by atoms with Gasteiger partial charge >= 0.3 is 25.5 Å². The molecule has 1 aromatic carbocycles. The Bertz CT molecular complexity index is 1530. The predicted molar refractivity (Wildman–Crippen MR) is 169 cm³/mol. The fraction of sp³-hybridized carbons (Fsp3) is 0.600. The first-order valence-electron chi connectivity index (χ1n) is 15.7. The monoisotopic (exact) mass is 699 g/mol. The summed E-state index contributed by atoms with van der Waals surface area (Å²) >= 11 is 0. The Morgan fingerprint density at radius 1 is 1.15 bits per heavy atom. The summed E-state index contributed by atoms with van der Waals surface area (Å²) in [5.74, 6) is -0.606. The first-order valence-corrected chi connectivity index (χ1v) is 17.2. The van der Waals surface area contributed by atoms with Crippen LogP contribution < -0.4 is 26.2 Å². The minimum atomic E-state index is -4.43. The van der Waals surface area contributed by atoms with Crippen LogP contribution in [0.1, 0.15) is 40.3 Å². The van der Waals surface area contributed by atoms with Crippen LogP contribution in [-0.4, -0.2) is 103 Å². The molecule has 0 radical (unpaired) electrons. The number of rotatable bonds is 15. The Kier molecular flexibility index (Phi) is 12.9. The predicted octanol–water partition coefficient (Wildman–Crippen LogP) is 2.11. The van der Waals surface area contributed by atoms with Crippen LogP contribution in [0, 0.1) is 0 Å². The van der Waals surface area contributed by atoms with Gasteiger partial charge in [0.25, 0.3) is 5.56 Å². The number of ether oxygens (including phenoxy) is 4. The maximum atomic E-state index is 16.6. The molecular formula is C30H43FN5O11P. The third kappa shape index (κ3) is 10.2. The maximum Gasteiger partial charge on any atom is 0.459 e. The number of H-pyrrole nitrogens is 1. The Morgan fingerprint density at radius 3 is 2.52 bits per heavy atom. The van der Waals surface area contributed by atoms with Crippen molar-refractivity contribution in [1.29, 1.82) is 0 Å². The number of halogens is 1. The van der Waals surface area contributed by atoms with E-state index in [1.807, 2.05) is 4.98 Å². The number of aromatic nitrogens is 2. The van der Waals surface area contributed by atoms with E-state index in [0.717, 1.165) is 36.8 Å². The highest BCUT2D eigenvalue weighted by Gasteiger charge is 2.59. The van der Waals surface area contributed by atoms with Gasteiger partial charge in [-0.1, -0.05) is 18.2 Å². The number of morpholine rings is 1. The molecule has 2 aliphatic rings. The summed E-state index contributed by atoms with van der Waals surface area (Å²) in [6, 6.07) is 7.81. The Labute approximate surface area is 276 Å². The molecule has 16 nitrogen and oxygen atoms in total. The van der Waals surface area contributed by atoms with Gasteiger partial charge < -0.3 is 28.8 Å². The number of amides is 1. The summed E-state index contributed by atoms with van der Waals surface area (Å²) < 4.78 is 64.7. The summed E-state index contributed by atoms with van der Waals surface area (Å²) in [5, 5.41) is 5.13. The molecule has 1 aromatic heterocycles. The van der Waals surface area contributed by atoms with Crippen molar-refractivity contribution in [2.45, 2.75) is 70.4 Å². The number of carbonyl (C=O) groups excluding carboxylic acids is 2. The quantitative estimate of drug-likeness (QED) is 0.139. The highest BCUT2D eigenvalue weighted by atomic mass is 31.2. The minimum absolute atomic E-state index is 0.127. The summed E-state index contributed by atoms with van der Waals surface area (Å²) in [5.41, 5.74) is -4.25. The fourth-order valence-electron chi connectivity index (χ4n) is 5.12. The lowest BCUT2D eigenvalue weighted by molar-refractivity contribution is -0.149. The molecule has 1 amide bonds. The highest BCUT2D eigenvalue weighted by Crippen LogP contribution is 2.48. The molecule has 2 aromatic rings. The molecule has 18 heteroatoms. The summed E-state index contributed by atoms with van der Waals surface area (Å²) in [6.07, 6.45) is -4.62. The van der Waals surface area contributed by atoms with Crippen LogP contribution in [0.2, 0.25) is 0 Å². The zero-order chi connectivity index (χ0) is 34.9. The fourth-order valence-corrected chi connectivity index (χ4v) is 6.62. The second-order valence-corrected chi connectivity index (χ2v) is 13.5. The van der Waals surface area contributed by atoms with Crippen LogP contribution in [0.4, 0.5) is 9.18 Å². The van der Waals surface area contributed by atoms with E-state index >= 15 is 4.39 Å². The second kappa shape index (κ2) is 16.7. The number of esters is 1. The van der Waals surface area contributed by atoms with Gasteiger partial charge in [-0.05, 0) is 52.8 Å². The molecule has 3 N–H and O–H groups in total. The van der Waals surface area contributed by atoms with Crippen LogP contribution in [0.15, 0.2) is 52.2 Å². The topological polar surface area (TPSA) is 189 Å². The smallest absolute Gasteiger partial charge is 0.459 e. The number of carbonyl (C=O) groups is 2. The number of nitrogens with one attached hydrogen (secondary N) is 3. The van der Waals surface area contributed by atoms with Crippen molar-refractivity contribution >= 4 is 19.8 Å². The van der Waals surface area contributed by atoms with Gasteiger partial charge in [0.1, 0.15) is 17.9 Å². The van der Waals surface area contributed by atoms with Gasteiger partial charge in [0.2, 0.25) is 0 Å². The van der Waals surface area contributed by atoms with Crippen LogP contribution in [0.25, 0.3) is 0 Å². The molecule has 3 heterocycles. The van der Waals surface area contributed by atoms with E-state index in [0.29, 0.717) is 26.2 Å². The van der Waals surface area contributed by atoms with Crippen LogP contribution in [0.5, 0.6) is 5.75 Å². The highest BCUT2D eigenvalue weighted by molar-refractivity contribution is 7.52. The average Bonchev–Trinajstić information content (AvgIpc) is 3.27. The van der Waals surface area contributed by atoms with Crippen molar-refractivity contribution in [3.8, 4) is 5.75 Å². The largest absolute Gasteiger partial charge is 0.462 e. The number of alkyl carbamates (subject to hydrolysis) is 1. The summed E-state index contributed by atoms with van der Waals surface area (Å²) in [6.45, 7) is 8.83. The van der Waals surface area contributed by atoms with Crippen LogP contribution in [-0.2, 0) is 32.8 Å². The first kappa shape index (κ1) is 37.2. The van der Waals surface area contributed by atoms with Crippen LogP contribution in [0.3, 0.4) is 0 Å².